The number of hydrogen-bond donors (Lipinski definition) is 3. The van der Waals surface area contributed by atoms with Crippen LogP contribution in [-0.2, 0) is 11.2 Å². The third-order valence-corrected chi connectivity index (χ3v) is 9.56. The van der Waals surface area contributed by atoms with E-state index in [1.165, 1.54) is 96.2 Å². The Morgan fingerprint density at radius 2 is 1.40 bits per heavy atom. The number of fused-ring (bicyclic) bond motifs is 3. The van der Waals surface area contributed by atoms with Crippen molar-refractivity contribution >= 4 is 12.0 Å². The highest BCUT2D eigenvalue weighted by molar-refractivity contribution is 5.80. The highest BCUT2D eigenvalue weighted by Crippen LogP contribution is 2.33. The average Bonchev–Trinajstić information content (AvgIpc) is 3.45. The fraction of sp³-hybridized carbons (Fsp3) is 0.833. The molecule has 0 saturated carbocycles. The first-order valence-corrected chi connectivity index (χ1v) is 15.7. The lowest BCUT2D eigenvalue weighted by Gasteiger charge is -2.56. The van der Waals surface area contributed by atoms with Crippen molar-refractivity contribution in [2.75, 3.05) is 39.3 Å². The van der Waals surface area contributed by atoms with E-state index in [2.05, 4.69) is 29.1 Å². The first-order chi connectivity index (χ1) is 18.4. The molecule has 0 aliphatic carbocycles. The zero-order chi connectivity index (χ0) is 27.3. The minimum absolute atomic E-state index is 0. The number of imidazole rings is 1. The van der Waals surface area contributed by atoms with Gasteiger partial charge in [-0.05, 0) is 19.3 Å². The molecule has 0 spiro atoms. The van der Waals surface area contributed by atoms with Crippen LogP contribution < -0.4 is 39.3 Å². The number of unbranched alkanes of at least 4 members (excludes halogenated alkanes) is 11. The number of amides is 2. The molecule has 1 aromatic rings. The van der Waals surface area contributed by atoms with Gasteiger partial charge >= 0.3 is 12.0 Å². The third kappa shape index (κ3) is 10.7. The Morgan fingerprint density at radius 1 is 0.875 bits per heavy atom. The van der Waals surface area contributed by atoms with Crippen molar-refractivity contribution < 1.29 is 57.6 Å². The Labute approximate surface area is 263 Å². The summed E-state index contributed by atoms with van der Waals surface area (Å²) >= 11 is 0. The SMILES string of the molecule is CCCCCCCCCCCCCCC(CC)[N+]12CC[N+](C(=O)NC(Cc3cnc[nH]3)C(=O)O)(CC1)CC2.[Br-].[Br-]. The molecule has 3 saturated heterocycles. The smallest absolute Gasteiger partial charge is 0.417 e. The number of carboxylic acids is 1. The van der Waals surface area contributed by atoms with Gasteiger partial charge in [0, 0.05) is 18.3 Å². The van der Waals surface area contributed by atoms with Crippen molar-refractivity contribution in [2.45, 2.75) is 122 Å². The number of aromatic amines is 1. The second kappa shape index (κ2) is 19.3. The monoisotopic (exact) mass is 691 g/mol. The van der Waals surface area contributed by atoms with E-state index in [4.69, 9.17) is 0 Å². The van der Waals surface area contributed by atoms with Crippen LogP contribution in [0, 0.1) is 0 Å². The van der Waals surface area contributed by atoms with Gasteiger partial charge in [-0.3, -0.25) is 5.32 Å². The lowest BCUT2D eigenvalue weighted by molar-refractivity contribution is -1.06. The molecular formula is C30H55Br2N5O3. The van der Waals surface area contributed by atoms with Gasteiger partial charge in [0.15, 0.2) is 0 Å². The Morgan fingerprint density at radius 3 is 1.85 bits per heavy atom. The molecule has 8 nitrogen and oxygen atoms in total. The largest absolute Gasteiger partial charge is 1.00 e. The Balaban J connectivity index is 0.00000400. The molecule has 3 fully saturated rings. The number of nitrogens with one attached hydrogen (secondary N) is 2. The zero-order valence-electron chi connectivity index (χ0n) is 25.0. The number of H-pyrrole nitrogens is 1. The molecule has 2 unspecified atom stereocenters. The second-order valence-corrected chi connectivity index (χ2v) is 12.1. The molecule has 4 rings (SSSR count). The van der Waals surface area contributed by atoms with E-state index in [9.17, 15) is 14.7 Å². The summed E-state index contributed by atoms with van der Waals surface area (Å²) in [5.74, 6) is -1.00. The summed E-state index contributed by atoms with van der Waals surface area (Å²) in [5.41, 5.74) is 0.717. The molecule has 3 aliphatic rings. The quantitative estimate of drug-likeness (QED) is 0.137. The first-order valence-electron chi connectivity index (χ1n) is 15.7. The van der Waals surface area contributed by atoms with Crippen LogP contribution in [0.1, 0.15) is 109 Å². The Bertz CT molecular complexity index is 815. The summed E-state index contributed by atoms with van der Waals surface area (Å²) < 4.78 is 1.56. The van der Waals surface area contributed by atoms with Gasteiger partial charge in [-0.2, -0.15) is 0 Å². The van der Waals surface area contributed by atoms with Gasteiger partial charge in [-0.1, -0.05) is 84.5 Å². The number of piperazine rings is 3. The summed E-state index contributed by atoms with van der Waals surface area (Å²) in [6, 6.07) is -0.369. The van der Waals surface area contributed by atoms with E-state index in [0.29, 0.717) is 16.2 Å². The van der Waals surface area contributed by atoms with Crippen LogP contribution in [0.25, 0.3) is 0 Å². The third-order valence-electron chi connectivity index (χ3n) is 9.56. The number of quaternary nitrogens is 2. The molecule has 0 radical (unpaired) electrons. The summed E-state index contributed by atoms with van der Waals surface area (Å²) in [6.07, 6.45) is 22.5. The number of aromatic nitrogens is 2. The molecular weight excluding hydrogens is 638 g/mol. The van der Waals surface area contributed by atoms with Crippen molar-refractivity contribution in [3.63, 3.8) is 0 Å². The first kappa shape index (κ1) is 37.1. The number of carbonyl (C=O) groups excluding carboxylic acids is 1. The van der Waals surface area contributed by atoms with Crippen molar-refractivity contribution in [1.29, 1.82) is 0 Å². The van der Waals surface area contributed by atoms with Gasteiger partial charge in [0.05, 0.1) is 12.4 Å². The number of halogens is 2. The van der Waals surface area contributed by atoms with Crippen LogP contribution in [0.2, 0.25) is 0 Å². The van der Waals surface area contributed by atoms with E-state index >= 15 is 0 Å². The average molecular weight is 694 g/mol. The lowest BCUT2D eigenvalue weighted by Crippen LogP contribution is -3.00. The van der Waals surface area contributed by atoms with Crippen molar-refractivity contribution in [2.24, 2.45) is 0 Å². The number of carboxylic acid groups (broad SMARTS) is 1. The predicted molar refractivity (Wildman–Crippen MR) is 152 cm³/mol. The Hall–Kier alpha value is -0.970. The van der Waals surface area contributed by atoms with Gasteiger partial charge in [0.2, 0.25) is 0 Å². The number of urea groups is 1. The standard InChI is InChI=1S/C30H53N5O3.2BrH/c1-3-5-6-7-8-9-10-11-12-13-14-15-16-27(4-2)34-17-20-35(21-18-34,22-19-34)30(38)33-28(29(36)37)23-26-24-31-25-32-26;;/h24-25,27-28H,3-23H2,1-2H3,(H-2,31,32,33,36,37,38);2*1H. The number of nitrogens with zero attached hydrogens (tertiary/aromatic N) is 3. The van der Waals surface area contributed by atoms with E-state index in [1.807, 2.05) is 0 Å². The zero-order valence-corrected chi connectivity index (χ0v) is 28.2. The molecule has 0 aromatic carbocycles. The van der Waals surface area contributed by atoms with E-state index in [1.54, 1.807) is 6.20 Å². The number of carbonyl (C=O) groups is 2. The molecule has 3 aliphatic heterocycles. The Kier molecular flexibility index (Phi) is 17.8. The van der Waals surface area contributed by atoms with Crippen LogP contribution >= 0.6 is 0 Å². The molecule has 2 atom stereocenters. The molecule has 2 amide bonds. The number of hydrogen-bond acceptors (Lipinski definition) is 3. The molecule has 10 heteroatoms. The summed E-state index contributed by atoms with van der Waals surface area (Å²) in [4.78, 5) is 32.1. The maximum absolute atomic E-state index is 13.3. The minimum Gasteiger partial charge on any atom is -1.00 e. The van der Waals surface area contributed by atoms with Crippen LogP contribution in [0.15, 0.2) is 12.5 Å². The maximum Gasteiger partial charge on any atom is 0.417 e. The fourth-order valence-electron chi connectivity index (χ4n) is 6.88. The molecule has 3 N–H and O–H groups in total. The molecule has 2 bridgehead atoms. The van der Waals surface area contributed by atoms with Crippen molar-refractivity contribution in [3.8, 4) is 0 Å². The topological polar surface area (TPSA) is 95.1 Å². The lowest BCUT2D eigenvalue weighted by atomic mass is 9.96. The van der Waals surface area contributed by atoms with Gasteiger partial charge in [0.25, 0.3) is 0 Å². The van der Waals surface area contributed by atoms with Gasteiger partial charge < -0.3 is 48.5 Å². The predicted octanol–water partition coefficient (Wildman–Crippen LogP) is -0.346. The van der Waals surface area contributed by atoms with Crippen LogP contribution in [-0.4, -0.2) is 87.4 Å². The molecule has 4 heterocycles. The van der Waals surface area contributed by atoms with Crippen molar-refractivity contribution in [1.82, 2.24) is 15.3 Å². The number of aliphatic carboxylic acids is 1. The summed E-state index contributed by atoms with van der Waals surface area (Å²) in [7, 11) is 0. The van der Waals surface area contributed by atoms with E-state index in [-0.39, 0.29) is 46.4 Å². The van der Waals surface area contributed by atoms with Crippen LogP contribution in [0.3, 0.4) is 0 Å². The summed E-state index contributed by atoms with van der Waals surface area (Å²) in [6.45, 7) is 10.2. The fourth-order valence-corrected chi connectivity index (χ4v) is 6.88. The second-order valence-electron chi connectivity index (χ2n) is 12.1. The van der Waals surface area contributed by atoms with Gasteiger partial charge in [-0.25, -0.2) is 19.1 Å². The highest BCUT2D eigenvalue weighted by Gasteiger charge is 2.55. The highest BCUT2D eigenvalue weighted by atomic mass is 79.9. The van der Waals surface area contributed by atoms with E-state index < -0.39 is 12.0 Å². The molecule has 232 valence electrons. The minimum atomic E-state index is -1.00. The number of rotatable bonds is 19. The van der Waals surface area contributed by atoms with Crippen molar-refractivity contribution in [3.05, 3.63) is 18.2 Å². The van der Waals surface area contributed by atoms with Crippen LogP contribution in [0.4, 0.5) is 4.79 Å². The van der Waals surface area contributed by atoms with Gasteiger partial charge in [0.1, 0.15) is 45.3 Å². The van der Waals surface area contributed by atoms with Crippen LogP contribution in [0.5, 0.6) is 0 Å². The molecule has 1 aromatic heterocycles. The molecule has 40 heavy (non-hydrogen) atoms. The van der Waals surface area contributed by atoms with E-state index in [0.717, 1.165) is 43.8 Å². The normalized spacial score (nSPS) is 23.1. The maximum atomic E-state index is 13.3. The van der Waals surface area contributed by atoms with Gasteiger partial charge in [-0.15, -0.1) is 0 Å². The summed E-state index contributed by atoms with van der Waals surface area (Å²) in [5, 5.41) is 12.5.